The third-order valence-corrected chi connectivity index (χ3v) is 5.72. The minimum absolute atomic E-state index is 0.0438. The van der Waals surface area contributed by atoms with Crippen molar-refractivity contribution in [1.29, 1.82) is 0 Å². The number of carboxylic acids is 1. The number of hydrogen-bond acceptors (Lipinski definition) is 4. The number of benzene rings is 2. The van der Waals surface area contributed by atoms with Gasteiger partial charge in [-0.05, 0) is 55.8 Å². The number of amides is 1. The number of aromatic nitrogens is 2. The highest BCUT2D eigenvalue weighted by molar-refractivity contribution is 5.95. The van der Waals surface area contributed by atoms with Crippen LogP contribution in [0.15, 0.2) is 48.5 Å². The number of para-hydroxylation sites is 1. The number of carboxylic acid groups (broad SMARTS) is 1. The van der Waals surface area contributed by atoms with Crippen molar-refractivity contribution in [3.05, 3.63) is 65.4 Å². The van der Waals surface area contributed by atoms with Crippen molar-refractivity contribution in [2.75, 3.05) is 26.2 Å². The zero-order chi connectivity index (χ0) is 23.6. The molecule has 33 heavy (non-hydrogen) atoms. The minimum Gasteiger partial charge on any atom is -0.481 e. The van der Waals surface area contributed by atoms with Gasteiger partial charge < -0.3 is 15.3 Å². The van der Waals surface area contributed by atoms with Crippen LogP contribution in [0.4, 0.5) is 0 Å². The smallest absolute Gasteiger partial charge is 0.306 e. The maximum atomic E-state index is 12.6. The largest absolute Gasteiger partial charge is 0.481 e. The van der Waals surface area contributed by atoms with Crippen LogP contribution < -0.4 is 5.32 Å². The van der Waals surface area contributed by atoms with Crippen molar-refractivity contribution >= 4 is 34.9 Å². The number of nitrogens with one attached hydrogen (secondary N) is 2. The van der Waals surface area contributed by atoms with Gasteiger partial charge in [-0.15, -0.1) is 0 Å². The summed E-state index contributed by atoms with van der Waals surface area (Å²) < 4.78 is 0. The molecule has 2 heterocycles. The number of aliphatic carboxylic acids is 1. The lowest BCUT2D eigenvalue weighted by Gasteiger charge is -2.30. The molecule has 0 atom stereocenters. The van der Waals surface area contributed by atoms with Crippen LogP contribution in [0.2, 0.25) is 0 Å². The zero-order valence-corrected chi connectivity index (χ0v) is 19.3. The minimum atomic E-state index is -0.770. The summed E-state index contributed by atoms with van der Waals surface area (Å²) in [5.41, 5.74) is 3.47. The number of H-pyrrole nitrogens is 1. The second kappa shape index (κ2) is 12.0. The Morgan fingerprint density at radius 1 is 1.06 bits per heavy atom. The quantitative estimate of drug-likeness (QED) is 0.523. The third-order valence-electron chi connectivity index (χ3n) is 5.72. The number of hydrogen-bond donors (Lipinski definition) is 3. The molecule has 1 aliphatic heterocycles. The summed E-state index contributed by atoms with van der Waals surface area (Å²) >= 11 is 0. The molecule has 0 spiro atoms. The molecular weight excluding hydrogens is 416 g/mol. The molecule has 7 heteroatoms. The van der Waals surface area contributed by atoms with Crippen molar-refractivity contribution in [2.24, 2.45) is 5.92 Å². The Kier molecular flexibility index (Phi) is 8.78. The highest BCUT2D eigenvalue weighted by Crippen LogP contribution is 2.20. The van der Waals surface area contributed by atoms with Crippen LogP contribution in [0.25, 0.3) is 23.1 Å². The number of piperidine rings is 1. The van der Waals surface area contributed by atoms with Gasteiger partial charge >= 0.3 is 5.97 Å². The van der Waals surface area contributed by atoms with Crippen LogP contribution in [-0.2, 0) is 4.79 Å². The number of rotatable bonds is 6. The lowest BCUT2D eigenvalue weighted by atomic mass is 9.96. The van der Waals surface area contributed by atoms with Gasteiger partial charge in [0.1, 0.15) is 0 Å². The first kappa shape index (κ1) is 24.2. The molecule has 0 unspecified atom stereocenters. The lowest BCUT2D eigenvalue weighted by Crippen LogP contribution is -2.40. The summed E-state index contributed by atoms with van der Waals surface area (Å²) in [4.78, 5) is 25.4. The van der Waals surface area contributed by atoms with Gasteiger partial charge in [-0.1, -0.05) is 50.3 Å². The van der Waals surface area contributed by atoms with Gasteiger partial charge in [0.15, 0.2) is 0 Å². The summed E-state index contributed by atoms with van der Waals surface area (Å²) in [6.07, 6.45) is 4.95. The Morgan fingerprint density at radius 3 is 2.33 bits per heavy atom. The molecule has 1 aromatic heterocycles. The van der Waals surface area contributed by atoms with E-state index in [2.05, 4.69) is 29.4 Å². The topological polar surface area (TPSA) is 98.3 Å². The summed E-state index contributed by atoms with van der Waals surface area (Å²) in [6, 6.07) is 15.4. The second-order valence-electron chi connectivity index (χ2n) is 7.97. The number of carbonyl (C=O) groups excluding carboxylic acids is 1. The van der Waals surface area contributed by atoms with E-state index in [-0.39, 0.29) is 11.8 Å². The fourth-order valence-electron chi connectivity index (χ4n) is 3.79. The van der Waals surface area contributed by atoms with Gasteiger partial charge in [0.25, 0.3) is 5.91 Å². The molecule has 1 saturated heterocycles. The first-order chi connectivity index (χ1) is 16.0. The molecule has 4 rings (SSSR count). The number of nitrogens with zero attached hydrogens (tertiary/aromatic N) is 2. The highest BCUT2D eigenvalue weighted by Gasteiger charge is 2.27. The van der Waals surface area contributed by atoms with E-state index in [1.807, 2.05) is 60.7 Å². The van der Waals surface area contributed by atoms with E-state index in [1.54, 1.807) is 4.90 Å². The predicted molar refractivity (Wildman–Crippen MR) is 132 cm³/mol. The second-order valence-corrected chi connectivity index (χ2v) is 7.97. The molecule has 1 aliphatic rings. The van der Waals surface area contributed by atoms with Gasteiger partial charge in [-0.25, -0.2) is 0 Å². The lowest BCUT2D eigenvalue weighted by molar-refractivity contribution is -0.143. The first-order valence-electron chi connectivity index (χ1n) is 11.5. The molecule has 7 nitrogen and oxygen atoms in total. The Balaban J connectivity index is 0.000000555. The fraction of sp³-hybridized carbons (Fsp3) is 0.346. The fourth-order valence-corrected chi connectivity index (χ4v) is 3.79. The average Bonchev–Trinajstić information content (AvgIpc) is 3.27. The molecular formula is C26H32N4O3. The molecule has 0 bridgehead atoms. The average molecular weight is 449 g/mol. The number of carbonyl (C=O) groups is 2. The van der Waals surface area contributed by atoms with E-state index in [0.29, 0.717) is 31.5 Å². The Bertz CT molecular complexity index is 1080. The Labute approximate surface area is 194 Å². The van der Waals surface area contributed by atoms with Crippen molar-refractivity contribution < 1.29 is 14.7 Å². The summed E-state index contributed by atoms with van der Waals surface area (Å²) in [7, 11) is 0. The molecule has 0 aliphatic carbocycles. The van der Waals surface area contributed by atoms with Gasteiger partial charge in [0.05, 0.1) is 17.1 Å². The normalized spacial score (nSPS) is 14.3. The number of fused-ring (bicyclic) bond motifs is 1. The van der Waals surface area contributed by atoms with E-state index in [9.17, 15) is 9.59 Å². The van der Waals surface area contributed by atoms with Gasteiger partial charge in [0.2, 0.25) is 0 Å². The van der Waals surface area contributed by atoms with E-state index in [1.165, 1.54) is 0 Å². The molecule has 174 valence electrons. The predicted octanol–water partition coefficient (Wildman–Crippen LogP) is 4.29. The van der Waals surface area contributed by atoms with Crippen LogP contribution in [0, 0.1) is 5.92 Å². The third kappa shape index (κ3) is 6.52. The van der Waals surface area contributed by atoms with Crippen LogP contribution in [-0.4, -0.2) is 58.3 Å². The summed E-state index contributed by atoms with van der Waals surface area (Å²) in [5, 5.41) is 20.6. The molecule has 2 aromatic carbocycles. The van der Waals surface area contributed by atoms with Crippen molar-refractivity contribution in [3.63, 3.8) is 0 Å². The zero-order valence-electron chi connectivity index (χ0n) is 19.3. The standard InChI is InChI=1S/C22H21N3O3.C4H11N/c26-21(25-13-11-17(12-14-25)22(27)28)16-8-5-15(6-9-16)7-10-20-18-3-1-2-4-19(18)23-24-20;1-3-5-4-2/h1-10,17H,11-14H2,(H,23,24)(H,27,28);5H,3-4H2,1-2H3. The van der Waals surface area contributed by atoms with E-state index in [0.717, 1.165) is 35.2 Å². The maximum Gasteiger partial charge on any atom is 0.306 e. The first-order valence-corrected chi connectivity index (χ1v) is 11.5. The molecule has 0 radical (unpaired) electrons. The Morgan fingerprint density at radius 2 is 1.73 bits per heavy atom. The summed E-state index contributed by atoms with van der Waals surface area (Å²) in [6.45, 7) is 7.37. The van der Waals surface area contributed by atoms with Crippen molar-refractivity contribution in [2.45, 2.75) is 26.7 Å². The van der Waals surface area contributed by atoms with Crippen LogP contribution in [0.1, 0.15) is 48.3 Å². The molecule has 3 aromatic rings. The van der Waals surface area contributed by atoms with Crippen molar-refractivity contribution in [1.82, 2.24) is 20.4 Å². The van der Waals surface area contributed by atoms with Crippen LogP contribution >= 0.6 is 0 Å². The van der Waals surface area contributed by atoms with E-state index in [4.69, 9.17) is 5.11 Å². The highest BCUT2D eigenvalue weighted by atomic mass is 16.4. The van der Waals surface area contributed by atoms with Gasteiger partial charge in [-0.3, -0.25) is 14.7 Å². The monoisotopic (exact) mass is 448 g/mol. The summed E-state index contributed by atoms with van der Waals surface area (Å²) in [5.74, 6) is -1.15. The number of likely N-dealkylation sites (tertiary alicyclic amines) is 1. The van der Waals surface area contributed by atoms with E-state index < -0.39 is 5.97 Å². The molecule has 3 N–H and O–H groups in total. The van der Waals surface area contributed by atoms with E-state index >= 15 is 0 Å². The van der Waals surface area contributed by atoms with Crippen LogP contribution in [0.3, 0.4) is 0 Å². The SMILES string of the molecule is CCNCC.O=C(O)C1CCN(C(=O)c2ccc(C=Cc3n[nH]c4ccccc34)cc2)CC1. The van der Waals surface area contributed by atoms with Gasteiger partial charge in [-0.2, -0.15) is 5.10 Å². The molecule has 0 saturated carbocycles. The Hall–Kier alpha value is -3.45. The maximum absolute atomic E-state index is 12.6. The number of aromatic amines is 1. The van der Waals surface area contributed by atoms with Crippen LogP contribution in [0.5, 0.6) is 0 Å². The van der Waals surface area contributed by atoms with Crippen molar-refractivity contribution in [3.8, 4) is 0 Å². The molecule has 1 amide bonds. The molecule has 1 fully saturated rings. The van der Waals surface area contributed by atoms with Gasteiger partial charge in [0, 0.05) is 24.0 Å².